The van der Waals surface area contributed by atoms with Crippen molar-refractivity contribution >= 4 is 39.2 Å². The lowest BCUT2D eigenvalue weighted by molar-refractivity contribution is 0.170. The summed E-state index contributed by atoms with van der Waals surface area (Å²) < 4.78 is 12.0. The summed E-state index contributed by atoms with van der Waals surface area (Å²) in [6.45, 7) is 2.07. The Morgan fingerprint density at radius 2 is 1.82 bits per heavy atom. The lowest BCUT2D eigenvalue weighted by atomic mass is 9.42. The molecule has 0 N–H and O–H groups in total. The Balaban J connectivity index is 2.19. The van der Waals surface area contributed by atoms with Gasteiger partial charge in [0.25, 0.3) is 0 Å². The fraction of sp³-hybridized carbons (Fsp3) is 0.400. The van der Waals surface area contributed by atoms with Crippen molar-refractivity contribution in [2.75, 3.05) is 0 Å². The van der Waals surface area contributed by atoms with E-state index in [1.54, 1.807) is 0 Å². The van der Waals surface area contributed by atoms with Crippen LogP contribution in [-0.4, -0.2) is 55.5 Å². The highest BCUT2D eigenvalue weighted by Crippen LogP contribution is 2.47. The van der Waals surface area contributed by atoms with Crippen LogP contribution in [0.5, 0.6) is 5.75 Å². The van der Waals surface area contributed by atoms with Crippen molar-refractivity contribution in [3.63, 3.8) is 0 Å². The van der Waals surface area contributed by atoms with Crippen LogP contribution in [0.4, 0.5) is 0 Å². The van der Waals surface area contributed by atoms with Gasteiger partial charge in [-0.05, 0) is 24.6 Å². The first-order valence-electron chi connectivity index (χ1n) is 6.14. The Labute approximate surface area is 108 Å². The van der Waals surface area contributed by atoms with Gasteiger partial charge in [-0.1, -0.05) is 12.1 Å². The molecule has 1 aliphatic rings. The first kappa shape index (κ1) is 12.8. The molecule has 84 valence electrons. The highest BCUT2D eigenvalue weighted by atomic mass is 16.6. The van der Waals surface area contributed by atoms with Crippen LogP contribution in [0.1, 0.15) is 5.56 Å². The molecule has 1 aromatic carbocycles. The van der Waals surface area contributed by atoms with Gasteiger partial charge in [0.2, 0.25) is 0 Å². The summed E-state index contributed by atoms with van der Waals surface area (Å²) in [4.78, 5) is 0. The first-order chi connectivity index (χ1) is 7.68. The van der Waals surface area contributed by atoms with Crippen molar-refractivity contribution in [2.24, 2.45) is 0 Å². The molecule has 2 nitrogen and oxygen atoms in total. The minimum atomic E-state index is -0.343. The van der Waals surface area contributed by atoms with Gasteiger partial charge in [-0.2, -0.15) is 0 Å². The maximum absolute atomic E-state index is 6.12. The SMILES string of the molecule is BC(B)(Oc1cccc(C)c1)C1(B)OC1(B)B. The summed E-state index contributed by atoms with van der Waals surface area (Å²) in [5.74, 6) is 0.905. The highest BCUT2D eigenvalue weighted by molar-refractivity contribution is 6.54. The average Bonchev–Trinajstić information content (AvgIpc) is 2.67. The van der Waals surface area contributed by atoms with Gasteiger partial charge < -0.3 is 9.47 Å². The van der Waals surface area contributed by atoms with E-state index in [0.717, 1.165) is 5.75 Å². The zero-order valence-electron chi connectivity index (χ0n) is 11.6. The molecule has 1 heterocycles. The molecule has 17 heavy (non-hydrogen) atoms. The Morgan fingerprint density at radius 1 is 1.24 bits per heavy atom. The van der Waals surface area contributed by atoms with Gasteiger partial charge in [0.05, 0.1) is 10.9 Å². The van der Waals surface area contributed by atoms with E-state index in [4.69, 9.17) is 9.47 Å². The van der Waals surface area contributed by atoms with Crippen molar-refractivity contribution in [3.05, 3.63) is 29.8 Å². The van der Waals surface area contributed by atoms with Crippen molar-refractivity contribution in [3.8, 4) is 5.75 Å². The largest absolute Gasteiger partial charge is 0.503 e. The lowest BCUT2D eigenvalue weighted by Gasteiger charge is -2.33. The third-order valence-electron chi connectivity index (χ3n) is 4.08. The van der Waals surface area contributed by atoms with Gasteiger partial charge in [0.15, 0.2) is 0 Å². The van der Waals surface area contributed by atoms with Crippen molar-refractivity contribution in [1.29, 1.82) is 0 Å². The molecule has 0 spiro atoms. The molecule has 0 aliphatic carbocycles. The number of rotatable bonds is 3. The third-order valence-corrected chi connectivity index (χ3v) is 4.08. The second kappa shape index (κ2) is 3.65. The number of benzene rings is 1. The van der Waals surface area contributed by atoms with E-state index < -0.39 is 0 Å². The molecule has 2 rings (SSSR count). The van der Waals surface area contributed by atoms with E-state index in [1.807, 2.05) is 12.1 Å². The van der Waals surface area contributed by atoms with Crippen LogP contribution < -0.4 is 4.74 Å². The van der Waals surface area contributed by atoms with Gasteiger partial charge in [-0.25, -0.2) is 0 Å². The van der Waals surface area contributed by atoms with Gasteiger partial charge in [-0.3, -0.25) is 0 Å². The number of hydrogen-bond donors (Lipinski definition) is 0. The average molecular weight is 223 g/mol. The van der Waals surface area contributed by atoms with E-state index in [0.29, 0.717) is 0 Å². The molecular formula is C10H17B5O2. The molecule has 1 aromatic rings. The summed E-state index contributed by atoms with van der Waals surface area (Å²) in [6, 6.07) is 8.13. The number of epoxide rings is 1. The minimum Gasteiger partial charge on any atom is -0.503 e. The van der Waals surface area contributed by atoms with Gasteiger partial charge in [-0.15, -0.1) is 0 Å². The Hall–Kier alpha value is -0.695. The molecule has 1 unspecified atom stereocenters. The van der Waals surface area contributed by atoms with E-state index in [-0.39, 0.29) is 16.3 Å². The van der Waals surface area contributed by atoms with Crippen LogP contribution in [0.25, 0.3) is 0 Å². The quantitative estimate of drug-likeness (QED) is 0.393. The van der Waals surface area contributed by atoms with Gasteiger partial charge >= 0.3 is 0 Å². The number of aryl methyl sites for hydroxylation is 1. The van der Waals surface area contributed by atoms with Crippen LogP contribution in [0.3, 0.4) is 0 Å². The van der Waals surface area contributed by atoms with Crippen LogP contribution in [0, 0.1) is 6.92 Å². The lowest BCUT2D eigenvalue weighted by Crippen LogP contribution is -2.56. The van der Waals surface area contributed by atoms with Crippen LogP contribution in [-0.2, 0) is 4.74 Å². The van der Waals surface area contributed by atoms with Crippen molar-refractivity contribution in [1.82, 2.24) is 0 Å². The fourth-order valence-electron chi connectivity index (χ4n) is 2.40. The monoisotopic (exact) mass is 224 g/mol. The van der Waals surface area contributed by atoms with Crippen LogP contribution in [0.2, 0.25) is 0 Å². The predicted octanol–water partition coefficient (Wildman–Crippen LogP) is -3.43. The van der Waals surface area contributed by atoms with E-state index in [9.17, 15) is 0 Å². The molecule has 0 bridgehead atoms. The highest BCUT2D eigenvalue weighted by Gasteiger charge is 2.67. The maximum atomic E-state index is 6.12. The summed E-state index contributed by atoms with van der Waals surface area (Å²) >= 11 is 0. The number of ether oxygens (including phenoxy) is 2. The fourth-order valence-corrected chi connectivity index (χ4v) is 2.40. The molecule has 1 fully saturated rings. The maximum Gasteiger partial charge on any atom is 0.149 e. The molecule has 0 amide bonds. The second-order valence-electron chi connectivity index (χ2n) is 6.07. The zero-order valence-corrected chi connectivity index (χ0v) is 11.6. The zero-order chi connectivity index (χ0) is 12.9. The summed E-state index contributed by atoms with van der Waals surface area (Å²) in [5.41, 5.74) is 0.975. The first-order valence-corrected chi connectivity index (χ1v) is 6.14. The minimum absolute atomic E-state index is 0.111. The Morgan fingerprint density at radius 3 is 2.29 bits per heavy atom. The second-order valence-corrected chi connectivity index (χ2v) is 6.07. The summed E-state index contributed by atoms with van der Waals surface area (Å²) in [6.07, 6.45) is 0. The topological polar surface area (TPSA) is 21.8 Å². The van der Waals surface area contributed by atoms with E-state index in [2.05, 4.69) is 58.3 Å². The number of hydrogen-bond acceptors (Lipinski definition) is 2. The Bertz CT molecular complexity index is 448. The van der Waals surface area contributed by atoms with E-state index in [1.165, 1.54) is 5.56 Å². The summed E-state index contributed by atoms with van der Waals surface area (Å²) in [7, 11) is 10.5. The molecule has 0 radical (unpaired) electrons. The molecule has 0 aromatic heterocycles. The molecule has 7 heteroatoms. The smallest absolute Gasteiger partial charge is 0.149 e. The van der Waals surface area contributed by atoms with Crippen molar-refractivity contribution in [2.45, 2.75) is 23.2 Å². The van der Waals surface area contributed by atoms with Crippen molar-refractivity contribution < 1.29 is 9.47 Å². The predicted molar refractivity (Wildman–Crippen MR) is 83.8 cm³/mol. The standard InChI is InChI=1S/C10H17B5O2/c1-6-3-2-4-7(5-6)16-9(12,13)8(11)10(14,15)17-8/h2-5H,11-15H2,1H3. The van der Waals surface area contributed by atoms with Gasteiger partial charge in [0.1, 0.15) is 45.0 Å². The summed E-state index contributed by atoms with van der Waals surface area (Å²) in [5, 5.41) is -0.454. The third kappa shape index (κ3) is 2.06. The molecule has 1 atom stereocenters. The Kier molecular flexibility index (Phi) is 2.74. The van der Waals surface area contributed by atoms with Crippen LogP contribution in [0.15, 0.2) is 24.3 Å². The molecule has 1 saturated heterocycles. The normalized spacial score (nSPS) is 26.4. The molecule has 1 aliphatic heterocycles. The van der Waals surface area contributed by atoms with Crippen LogP contribution >= 0.6 is 0 Å². The molecule has 0 saturated carbocycles. The van der Waals surface area contributed by atoms with E-state index >= 15 is 0 Å². The molecular weight excluding hydrogens is 206 g/mol. The van der Waals surface area contributed by atoms with Gasteiger partial charge in [0, 0.05) is 5.40 Å².